The SMILES string of the molecule is CCCNc1ncc(CN[C@@H](Cc2c[nH]c3ccccc23)C(=O)O)cn1. The van der Waals surface area contributed by atoms with Crippen LogP contribution in [0.4, 0.5) is 5.95 Å². The minimum atomic E-state index is -0.877. The summed E-state index contributed by atoms with van der Waals surface area (Å²) in [6.45, 7) is 3.29. The number of hydrogen-bond acceptors (Lipinski definition) is 5. The molecule has 0 amide bonds. The smallest absolute Gasteiger partial charge is 0.321 e. The molecular formula is C19H23N5O2. The predicted octanol–water partition coefficient (Wildman–Crippen LogP) is 2.57. The molecule has 1 aromatic carbocycles. The average molecular weight is 353 g/mol. The number of aromatic amines is 1. The molecule has 3 aromatic rings. The van der Waals surface area contributed by atoms with Gasteiger partial charge in [0.25, 0.3) is 0 Å². The fraction of sp³-hybridized carbons (Fsp3) is 0.316. The molecule has 1 atom stereocenters. The van der Waals surface area contributed by atoms with Gasteiger partial charge in [-0.1, -0.05) is 25.1 Å². The van der Waals surface area contributed by atoms with Crippen molar-refractivity contribution in [1.29, 1.82) is 0 Å². The lowest BCUT2D eigenvalue weighted by molar-refractivity contribution is -0.139. The number of carboxylic acid groups (broad SMARTS) is 1. The molecule has 26 heavy (non-hydrogen) atoms. The Bertz CT molecular complexity index is 860. The quantitative estimate of drug-likeness (QED) is 0.471. The third kappa shape index (κ3) is 4.37. The molecule has 2 aromatic heterocycles. The maximum atomic E-state index is 11.6. The third-order valence-corrected chi connectivity index (χ3v) is 4.19. The van der Waals surface area contributed by atoms with Crippen molar-refractivity contribution in [3.8, 4) is 0 Å². The lowest BCUT2D eigenvalue weighted by atomic mass is 10.0. The zero-order valence-corrected chi connectivity index (χ0v) is 14.7. The number of fused-ring (bicyclic) bond motifs is 1. The van der Waals surface area contributed by atoms with Gasteiger partial charge in [0.1, 0.15) is 6.04 Å². The Morgan fingerprint density at radius 2 is 2.04 bits per heavy atom. The molecule has 0 radical (unpaired) electrons. The van der Waals surface area contributed by atoms with Gasteiger partial charge in [-0.3, -0.25) is 10.1 Å². The Morgan fingerprint density at radius 3 is 2.77 bits per heavy atom. The van der Waals surface area contributed by atoms with Gasteiger partial charge in [0.2, 0.25) is 5.95 Å². The fourth-order valence-corrected chi connectivity index (χ4v) is 2.78. The highest BCUT2D eigenvalue weighted by molar-refractivity contribution is 5.84. The molecule has 0 spiro atoms. The lowest BCUT2D eigenvalue weighted by Gasteiger charge is -2.14. The van der Waals surface area contributed by atoms with Crippen molar-refractivity contribution in [3.63, 3.8) is 0 Å². The topological polar surface area (TPSA) is 103 Å². The number of nitrogens with one attached hydrogen (secondary N) is 3. The number of aliphatic carboxylic acids is 1. The summed E-state index contributed by atoms with van der Waals surface area (Å²) in [5.41, 5.74) is 2.84. The molecule has 7 heteroatoms. The molecule has 4 N–H and O–H groups in total. The van der Waals surface area contributed by atoms with Gasteiger partial charge >= 0.3 is 5.97 Å². The Morgan fingerprint density at radius 1 is 1.27 bits per heavy atom. The summed E-state index contributed by atoms with van der Waals surface area (Å²) in [4.78, 5) is 23.3. The molecule has 0 aliphatic rings. The van der Waals surface area contributed by atoms with Crippen molar-refractivity contribution in [2.24, 2.45) is 0 Å². The van der Waals surface area contributed by atoms with E-state index in [1.165, 1.54) is 0 Å². The van der Waals surface area contributed by atoms with Crippen LogP contribution in [0.5, 0.6) is 0 Å². The molecule has 3 rings (SSSR count). The number of rotatable bonds is 9. The van der Waals surface area contributed by atoms with Crippen LogP contribution < -0.4 is 10.6 Å². The maximum absolute atomic E-state index is 11.6. The number of anilines is 1. The van der Waals surface area contributed by atoms with Crippen molar-refractivity contribution >= 4 is 22.8 Å². The van der Waals surface area contributed by atoms with Gasteiger partial charge in [-0.05, 0) is 18.1 Å². The molecule has 2 heterocycles. The Kier molecular flexibility index (Phi) is 5.80. The Balaban J connectivity index is 1.63. The molecule has 0 saturated carbocycles. The van der Waals surface area contributed by atoms with Gasteiger partial charge in [-0.25, -0.2) is 9.97 Å². The summed E-state index contributed by atoms with van der Waals surface area (Å²) in [7, 11) is 0. The second-order valence-electron chi connectivity index (χ2n) is 6.18. The number of benzene rings is 1. The second kappa shape index (κ2) is 8.44. The van der Waals surface area contributed by atoms with Gasteiger partial charge in [0, 0.05) is 54.6 Å². The monoisotopic (exact) mass is 353 g/mol. The van der Waals surface area contributed by atoms with Crippen LogP contribution in [0.15, 0.2) is 42.9 Å². The molecule has 136 valence electrons. The first-order valence-corrected chi connectivity index (χ1v) is 8.73. The standard InChI is InChI=1S/C19H23N5O2/c1-2-7-20-19-23-10-13(11-24-19)9-21-17(18(25)26)8-14-12-22-16-6-4-3-5-15(14)16/h3-6,10-12,17,21-22H,2,7-9H2,1H3,(H,25,26)(H,20,23,24)/t17-/m0/s1. The van der Waals surface area contributed by atoms with Crippen LogP contribution in [0.3, 0.4) is 0 Å². The average Bonchev–Trinajstić information content (AvgIpc) is 3.07. The highest BCUT2D eigenvalue weighted by atomic mass is 16.4. The van der Waals surface area contributed by atoms with E-state index in [2.05, 4.69) is 32.5 Å². The van der Waals surface area contributed by atoms with Crippen molar-refractivity contribution in [1.82, 2.24) is 20.3 Å². The van der Waals surface area contributed by atoms with Crippen molar-refractivity contribution in [2.45, 2.75) is 32.4 Å². The number of H-pyrrole nitrogens is 1. The first kappa shape index (κ1) is 17.9. The molecule has 0 aliphatic carbocycles. The first-order valence-electron chi connectivity index (χ1n) is 8.73. The summed E-state index contributed by atoms with van der Waals surface area (Å²) in [5, 5.41) is 16.8. The van der Waals surface area contributed by atoms with E-state index in [-0.39, 0.29) is 0 Å². The van der Waals surface area contributed by atoms with Crippen LogP contribution in [-0.4, -0.2) is 38.6 Å². The molecule has 0 aliphatic heterocycles. The van der Waals surface area contributed by atoms with Crippen molar-refractivity contribution in [2.75, 3.05) is 11.9 Å². The summed E-state index contributed by atoms with van der Waals surface area (Å²) in [6.07, 6.45) is 6.70. The fourth-order valence-electron chi connectivity index (χ4n) is 2.78. The number of nitrogens with zero attached hydrogens (tertiary/aromatic N) is 2. The van der Waals surface area contributed by atoms with Crippen LogP contribution in [0.2, 0.25) is 0 Å². The zero-order chi connectivity index (χ0) is 18.4. The van der Waals surface area contributed by atoms with Crippen LogP contribution in [-0.2, 0) is 17.8 Å². The summed E-state index contributed by atoms with van der Waals surface area (Å²) in [5.74, 6) is -0.290. The highest BCUT2D eigenvalue weighted by Crippen LogP contribution is 2.19. The summed E-state index contributed by atoms with van der Waals surface area (Å²) in [6, 6.07) is 7.19. The molecule has 0 bridgehead atoms. The number of aromatic nitrogens is 3. The minimum Gasteiger partial charge on any atom is -0.480 e. The van der Waals surface area contributed by atoms with Gasteiger partial charge in [0.05, 0.1) is 0 Å². The van der Waals surface area contributed by atoms with E-state index in [0.29, 0.717) is 18.9 Å². The first-order chi connectivity index (χ1) is 12.7. The Hall–Kier alpha value is -2.93. The van der Waals surface area contributed by atoms with E-state index in [4.69, 9.17) is 0 Å². The number of carboxylic acids is 1. The van der Waals surface area contributed by atoms with E-state index < -0.39 is 12.0 Å². The summed E-state index contributed by atoms with van der Waals surface area (Å²) >= 11 is 0. The van der Waals surface area contributed by atoms with Crippen molar-refractivity contribution in [3.05, 3.63) is 54.0 Å². The van der Waals surface area contributed by atoms with Crippen LogP contribution >= 0.6 is 0 Å². The number of carbonyl (C=O) groups is 1. The molecule has 0 fully saturated rings. The number of hydrogen-bond donors (Lipinski definition) is 4. The predicted molar refractivity (Wildman–Crippen MR) is 101 cm³/mol. The zero-order valence-electron chi connectivity index (χ0n) is 14.7. The van der Waals surface area contributed by atoms with Gasteiger partial charge in [-0.2, -0.15) is 0 Å². The van der Waals surface area contributed by atoms with Gasteiger partial charge in [-0.15, -0.1) is 0 Å². The maximum Gasteiger partial charge on any atom is 0.321 e. The van der Waals surface area contributed by atoms with E-state index in [1.54, 1.807) is 12.4 Å². The summed E-state index contributed by atoms with van der Waals surface area (Å²) < 4.78 is 0. The third-order valence-electron chi connectivity index (χ3n) is 4.19. The van der Waals surface area contributed by atoms with Gasteiger partial charge < -0.3 is 15.4 Å². The minimum absolute atomic E-state index is 0.396. The molecule has 7 nitrogen and oxygen atoms in total. The van der Waals surface area contributed by atoms with Gasteiger partial charge in [0.15, 0.2) is 0 Å². The lowest BCUT2D eigenvalue weighted by Crippen LogP contribution is -2.38. The van der Waals surface area contributed by atoms with Crippen LogP contribution in [0.25, 0.3) is 10.9 Å². The largest absolute Gasteiger partial charge is 0.480 e. The van der Waals surface area contributed by atoms with E-state index in [0.717, 1.165) is 35.0 Å². The van der Waals surface area contributed by atoms with E-state index in [1.807, 2.05) is 30.5 Å². The second-order valence-corrected chi connectivity index (χ2v) is 6.18. The molecule has 0 unspecified atom stereocenters. The number of para-hydroxylation sites is 1. The highest BCUT2D eigenvalue weighted by Gasteiger charge is 2.19. The van der Waals surface area contributed by atoms with E-state index in [9.17, 15) is 9.90 Å². The van der Waals surface area contributed by atoms with Crippen molar-refractivity contribution < 1.29 is 9.90 Å². The molecular weight excluding hydrogens is 330 g/mol. The normalized spacial score (nSPS) is 12.2. The van der Waals surface area contributed by atoms with Crippen LogP contribution in [0, 0.1) is 0 Å². The van der Waals surface area contributed by atoms with E-state index >= 15 is 0 Å². The molecule has 0 saturated heterocycles. The van der Waals surface area contributed by atoms with Crippen LogP contribution in [0.1, 0.15) is 24.5 Å². The Labute approximate surface area is 151 Å².